The molecule has 6 nitrogen and oxygen atoms in total. The summed E-state index contributed by atoms with van der Waals surface area (Å²) in [5.74, 6) is -0.161. The fourth-order valence-electron chi connectivity index (χ4n) is 2.12. The number of aromatic nitrogens is 2. The lowest BCUT2D eigenvalue weighted by Gasteiger charge is -2.07. The molecule has 0 atom stereocenters. The van der Waals surface area contributed by atoms with Crippen LogP contribution in [-0.4, -0.2) is 20.7 Å². The number of carbonyl (C=O) groups is 1. The number of fused-ring (bicyclic) bond motifs is 1. The van der Waals surface area contributed by atoms with Gasteiger partial charge in [-0.15, -0.1) is 0 Å². The van der Waals surface area contributed by atoms with E-state index in [2.05, 4.69) is 4.98 Å². The summed E-state index contributed by atoms with van der Waals surface area (Å²) in [7, 11) is 0. The minimum atomic E-state index is -0.662. The van der Waals surface area contributed by atoms with Gasteiger partial charge in [0.05, 0.1) is 0 Å². The van der Waals surface area contributed by atoms with Gasteiger partial charge < -0.3 is 0 Å². The van der Waals surface area contributed by atoms with Crippen LogP contribution in [-0.2, 0) is 0 Å². The molecule has 2 aromatic heterocycles. The van der Waals surface area contributed by atoms with E-state index in [1.807, 2.05) is 0 Å². The Hall–Kier alpha value is -2.99. The first-order valence-corrected chi connectivity index (χ1v) is 6.22. The van der Waals surface area contributed by atoms with Crippen LogP contribution >= 0.6 is 0 Å². The SMILES string of the molecule is O=C(NO)c1ccc2ccn(-c3ccccn3)c(=O)c2c1. The lowest BCUT2D eigenvalue weighted by atomic mass is 10.1. The summed E-state index contributed by atoms with van der Waals surface area (Å²) in [5, 5.41) is 9.76. The molecule has 1 amide bonds. The fraction of sp³-hybridized carbons (Fsp3) is 0. The van der Waals surface area contributed by atoms with Gasteiger partial charge in [0.1, 0.15) is 5.82 Å². The molecule has 0 radical (unpaired) electrons. The van der Waals surface area contributed by atoms with Crippen molar-refractivity contribution in [1.82, 2.24) is 15.0 Å². The highest BCUT2D eigenvalue weighted by Crippen LogP contribution is 2.13. The minimum Gasteiger partial charge on any atom is -0.288 e. The van der Waals surface area contributed by atoms with Gasteiger partial charge in [0.15, 0.2) is 0 Å². The molecule has 0 aliphatic carbocycles. The summed E-state index contributed by atoms with van der Waals surface area (Å²) in [5.41, 5.74) is 1.48. The Morgan fingerprint density at radius 3 is 2.76 bits per heavy atom. The van der Waals surface area contributed by atoms with Gasteiger partial charge in [0.2, 0.25) is 0 Å². The molecule has 104 valence electrons. The van der Waals surface area contributed by atoms with E-state index in [0.29, 0.717) is 16.6 Å². The molecule has 0 bridgehead atoms. The van der Waals surface area contributed by atoms with Crippen molar-refractivity contribution >= 4 is 16.7 Å². The third-order valence-electron chi connectivity index (χ3n) is 3.17. The van der Waals surface area contributed by atoms with Gasteiger partial charge in [-0.05, 0) is 35.7 Å². The second-order valence-corrected chi connectivity index (χ2v) is 4.42. The van der Waals surface area contributed by atoms with E-state index in [9.17, 15) is 9.59 Å². The van der Waals surface area contributed by atoms with Crippen LogP contribution < -0.4 is 11.0 Å². The Labute approximate surface area is 119 Å². The van der Waals surface area contributed by atoms with Crippen LogP contribution in [0.25, 0.3) is 16.6 Å². The zero-order chi connectivity index (χ0) is 14.8. The van der Waals surface area contributed by atoms with Gasteiger partial charge in [0, 0.05) is 23.3 Å². The van der Waals surface area contributed by atoms with Crippen LogP contribution in [0, 0.1) is 0 Å². The van der Waals surface area contributed by atoms with Crippen LogP contribution in [0.3, 0.4) is 0 Å². The van der Waals surface area contributed by atoms with Crippen molar-refractivity contribution in [2.24, 2.45) is 0 Å². The quantitative estimate of drug-likeness (QED) is 0.551. The van der Waals surface area contributed by atoms with E-state index < -0.39 is 5.91 Å². The molecule has 2 heterocycles. The van der Waals surface area contributed by atoms with Crippen LogP contribution in [0.4, 0.5) is 0 Å². The van der Waals surface area contributed by atoms with Crippen molar-refractivity contribution in [2.75, 3.05) is 0 Å². The second kappa shape index (κ2) is 5.18. The minimum absolute atomic E-state index is 0.209. The number of nitrogens with one attached hydrogen (secondary N) is 1. The van der Waals surface area contributed by atoms with Gasteiger partial charge in [-0.3, -0.25) is 19.4 Å². The van der Waals surface area contributed by atoms with Crippen molar-refractivity contribution in [3.63, 3.8) is 0 Å². The first kappa shape index (κ1) is 13.0. The first-order chi connectivity index (χ1) is 10.2. The predicted octanol–water partition coefficient (Wildman–Crippen LogP) is 1.50. The van der Waals surface area contributed by atoms with E-state index in [-0.39, 0.29) is 11.1 Å². The summed E-state index contributed by atoms with van der Waals surface area (Å²) in [6, 6.07) is 11.7. The number of hydrogen-bond acceptors (Lipinski definition) is 4. The number of hydroxylamine groups is 1. The molecule has 0 unspecified atom stereocenters. The zero-order valence-corrected chi connectivity index (χ0v) is 10.9. The molecule has 21 heavy (non-hydrogen) atoms. The predicted molar refractivity (Wildman–Crippen MR) is 76.6 cm³/mol. The molecule has 3 aromatic rings. The molecule has 0 aliphatic heterocycles. The smallest absolute Gasteiger partial charge is 0.274 e. The first-order valence-electron chi connectivity index (χ1n) is 6.22. The highest BCUT2D eigenvalue weighted by Gasteiger charge is 2.09. The molecular formula is C15H11N3O3. The van der Waals surface area contributed by atoms with E-state index in [1.165, 1.54) is 10.6 Å². The summed E-state index contributed by atoms with van der Waals surface area (Å²) >= 11 is 0. The molecule has 0 aliphatic rings. The molecule has 6 heteroatoms. The lowest BCUT2D eigenvalue weighted by molar-refractivity contribution is 0.0706. The standard InChI is InChI=1S/C15H11N3O3/c19-14(17-21)11-5-4-10-6-8-18(15(20)12(10)9-11)13-3-1-2-7-16-13/h1-9,21H,(H,17,19). The monoisotopic (exact) mass is 281 g/mol. The summed E-state index contributed by atoms with van der Waals surface area (Å²) in [6.07, 6.45) is 3.24. The number of hydrogen-bond donors (Lipinski definition) is 2. The highest BCUT2D eigenvalue weighted by molar-refractivity contribution is 5.97. The number of carbonyl (C=O) groups excluding carboxylic acids is 1. The third kappa shape index (κ3) is 2.28. The summed E-state index contributed by atoms with van der Waals surface area (Å²) in [4.78, 5) is 28.1. The van der Waals surface area contributed by atoms with Crippen LogP contribution in [0.5, 0.6) is 0 Å². The second-order valence-electron chi connectivity index (χ2n) is 4.42. The van der Waals surface area contributed by atoms with Crippen molar-refractivity contribution in [3.8, 4) is 5.82 Å². The normalized spacial score (nSPS) is 10.5. The Morgan fingerprint density at radius 2 is 2.05 bits per heavy atom. The van der Waals surface area contributed by atoms with Crippen molar-refractivity contribution in [1.29, 1.82) is 0 Å². The number of rotatable bonds is 2. The number of benzene rings is 1. The summed E-state index contributed by atoms with van der Waals surface area (Å²) in [6.45, 7) is 0. The summed E-state index contributed by atoms with van der Waals surface area (Å²) < 4.78 is 1.41. The Morgan fingerprint density at radius 1 is 1.19 bits per heavy atom. The molecular weight excluding hydrogens is 270 g/mol. The highest BCUT2D eigenvalue weighted by atomic mass is 16.5. The lowest BCUT2D eigenvalue weighted by Crippen LogP contribution is -2.21. The molecule has 0 saturated heterocycles. The number of nitrogens with zero attached hydrogens (tertiary/aromatic N) is 2. The van der Waals surface area contributed by atoms with E-state index >= 15 is 0 Å². The Balaban J connectivity index is 2.24. The Kier molecular flexibility index (Phi) is 3.21. The van der Waals surface area contributed by atoms with Crippen molar-refractivity contribution in [2.45, 2.75) is 0 Å². The van der Waals surface area contributed by atoms with Crippen LogP contribution in [0.15, 0.2) is 59.7 Å². The largest absolute Gasteiger partial charge is 0.288 e. The fourth-order valence-corrected chi connectivity index (χ4v) is 2.12. The number of pyridine rings is 2. The van der Waals surface area contributed by atoms with E-state index in [1.54, 1.807) is 54.3 Å². The number of amides is 1. The molecule has 2 N–H and O–H groups in total. The maximum Gasteiger partial charge on any atom is 0.274 e. The molecule has 0 saturated carbocycles. The molecule has 0 fully saturated rings. The van der Waals surface area contributed by atoms with Crippen molar-refractivity contribution < 1.29 is 10.0 Å². The van der Waals surface area contributed by atoms with E-state index in [4.69, 9.17) is 5.21 Å². The topological polar surface area (TPSA) is 84.2 Å². The van der Waals surface area contributed by atoms with Crippen LogP contribution in [0.1, 0.15) is 10.4 Å². The van der Waals surface area contributed by atoms with Gasteiger partial charge >= 0.3 is 0 Å². The third-order valence-corrected chi connectivity index (χ3v) is 3.17. The molecule has 0 spiro atoms. The maximum absolute atomic E-state index is 12.5. The van der Waals surface area contributed by atoms with Crippen LogP contribution in [0.2, 0.25) is 0 Å². The van der Waals surface area contributed by atoms with Crippen molar-refractivity contribution in [3.05, 3.63) is 70.8 Å². The average Bonchev–Trinajstić information content (AvgIpc) is 2.55. The Bertz CT molecular complexity index is 872. The average molecular weight is 281 g/mol. The zero-order valence-electron chi connectivity index (χ0n) is 10.9. The van der Waals surface area contributed by atoms with Gasteiger partial charge in [-0.1, -0.05) is 12.1 Å². The van der Waals surface area contributed by atoms with Gasteiger partial charge in [0.25, 0.3) is 11.5 Å². The maximum atomic E-state index is 12.5. The van der Waals surface area contributed by atoms with Gasteiger partial charge in [-0.2, -0.15) is 0 Å². The van der Waals surface area contributed by atoms with Gasteiger partial charge in [-0.25, -0.2) is 10.5 Å². The molecule has 3 rings (SSSR count). The molecule has 1 aromatic carbocycles. The van der Waals surface area contributed by atoms with E-state index in [0.717, 1.165) is 0 Å².